The Hall–Kier alpha value is -1.81. The van der Waals surface area contributed by atoms with Crippen LogP contribution in [0.3, 0.4) is 0 Å². The van der Waals surface area contributed by atoms with E-state index in [0.29, 0.717) is 16.1 Å². The Morgan fingerprint density at radius 1 is 1.15 bits per heavy atom. The Kier molecular flexibility index (Phi) is 4.45. The fraction of sp³-hybridized carbons (Fsp3) is 0.188. The van der Waals surface area contributed by atoms with Crippen LogP contribution >= 0.6 is 15.9 Å². The predicted octanol–water partition coefficient (Wildman–Crippen LogP) is 5.06. The second kappa shape index (κ2) is 6.09. The average molecular weight is 335 g/mol. The van der Waals surface area contributed by atoms with Crippen LogP contribution in [0.1, 0.15) is 35.7 Å². The monoisotopic (exact) mass is 334 g/mol. The summed E-state index contributed by atoms with van der Waals surface area (Å²) in [6.45, 7) is 4.27. The largest absolute Gasteiger partial charge is 0.478 e. The molecule has 0 amide bonds. The fourth-order valence-corrected chi connectivity index (χ4v) is 2.22. The van der Waals surface area contributed by atoms with E-state index in [4.69, 9.17) is 9.84 Å². The zero-order valence-corrected chi connectivity index (χ0v) is 12.8. The first-order valence-corrected chi connectivity index (χ1v) is 7.07. The number of carboxylic acids is 1. The number of aromatic carboxylic acids is 1. The molecule has 0 unspecified atom stereocenters. The summed E-state index contributed by atoms with van der Waals surface area (Å²) in [7, 11) is 0. The molecule has 104 valence electrons. The van der Waals surface area contributed by atoms with E-state index in [2.05, 4.69) is 29.8 Å². The van der Waals surface area contributed by atoms with E-state index in [9.17, 15) is 4.79 Å². The molecule has 2 aromatic rings. The van der Waals surface area contributed by atoms with Gasteiger partial charge in [-0.1, -0.05) is 26.0 Å². The van der Waals surface area contributed by atoms with Crippen LogP contribution in [0.2, 0.25) is 0 Å². The standard InChI is InChI=1S/C16H15BrO3/c1-10(2)11-3-6-13(7-4-11)20-15-8-5-12(16(18)19)9-14(15)17/h3-10H,1-2H3,(H,18,19). The molecule has 0 aliphatic heterocycles. The van der Waals surface area contributed by atoms with Gasteiger partial charge in [-0.15, -0.1) is 0 Å². The lowest BCUT2D eigenvalue weighted by Gasteiger charge is -2.10. The summed E-state index contributed by atoms with van der Waals surface area (Å²) in [6.07, 6.45) is 0. The molecule has 0 aliphatic carbocycles. The number of carboxylic acid groups (broad SMARTS) is 1. The Morgan fingerprint density at radius 3 is 2.30 bits per heavy atom. The lowest BCUT2D eigenvalue weighted by atomic mass is 10.0. The predicted molar refractivity (Wildman–Crippen MR) is 81.7 cm³/mol. The molecular weight excluding hydrogens is 320 g/mol. The van der Waals surface area contributed by atoms with Crippen molar-refractivity contribution in [3.63, 3.8) is 0 Å². The molecule has 0 heterocycles. The van der Waals surface area contributed by atoms with Crippen molar-refractivity contribution >= 4 is 21.9 Å². The molecule has 4 heteroatoms. The molecule has 1 N–H and O–H groups in total. The van der Waals surface area contributed by atoms with Crippen LogP contribution < -0.4 is 4.74 Å². The summed E-state index contributed by atoms with van der Waals surface area (Å²) in [5, 5.41) is 8.91. The van der Waals surface area contributed by atoms with Gasteiger partial charge in [-0.2, -0.15) is 0 Å². The SMILES string of the molecule is CC(C)c1ccc(Oc2ccc(C(=O)O)cc2Br)cc1. The van der Waals surface area contributed by atoms with Crippen molar-refractivity contribution in [3.05, 3.63) is 58.1 Å². The van der Waals surface area contributed by atoms with E-state index in [1.807, 2.05) is 24.3 Å². The molecule has 0 spiro atoms. The number of hydrogen-bond donors (Lipinski definition) is 1. The highest BCUT2D eigenvalue weighted by Gasteiger charge is 2.08. The Labute approximate surface area is 126 Å². The Bertz CT molecular complexity index is 618. The van der Waals surface area contributed by atoms with E-state index in [-0.39, 0.29) is 5.56 Å². The smallest absolute Gasteiger partial charge is 0.335 e. The highest BCUT2D eigenvalue weighted by Crippen LogP contribution is 2.31. The first-order chi connectivity index (χ1) is 9.47. The topological polar surface area (TPSA) is 46.5 Å². The molecule has 2 rings (SSSR count). The normalized spacial score (nSPS) is 10.6. The van der Waals surface area contributed by atoms with Gasteiger partial charge < -0.3 is 9.84 Å². The summed E-state index contributed by atoms with van der Waals surface area (Å²) < 4.78 is 6.35. The van der Waals surface area contributed by atoms with Crippen molar-refractivity contribution in [1.29, 1.82) is 0 Å². The van der Waals surface area contributed by atoms with Crippen LogP contribution in [0, 0.1) is 0 Å². The third-order valence-corrected chi connectivity index (χ3v) is 3.57. The number of hydrogen-bond acceptors (Lipinski definition) is 2. The van der Waals surface area contributed by atoms with Crippen LogP contribution in [0.25, 0.3) is 0 Å². The van der Waals surface area contributed by atoms with Gasteiger partial charge in [-0.05, 0) is 57.7 Å². The van der Waals surface area contributed by atoms with Gasteiger partial charge in [0.05, 0.1) is 10.0 Å². The van der Waals surface area contributed by atoms with Crippen LogP contribution in [0.5, 0.6) is 11.5 Å². The van der Waals surface area contributed by atoms with E-state index in [1.54, 1.807) is 6.07 Å². The number of ether oxygens (including phenoxy) is 1. The van der Waals surface area contributed by atoms with E-state index in [1.165, 1.54) is 17.7 Å². The molecule has 3 nitrogen and oxygen atoms in total. The first-order valence-electron chi connectivity index (χ1n) is 6.28. The minimum Gasteiger partial charge on any atom is -0.478 e. The summed E-state index contributed by atoms with van der Waals surface area (Å²) in [4.78, 5) is 10.9. The van der Waals surface area contributed by atoms with Crippen molar-refractivity contribution in [2.75, 3.05) is 0 Å². The molecule has 0 saturated heterocycles. The van der Waals surface area contributed by atoms with Crippen molar-refractivity contribution in [1.82, 2.24) is 0 Å². The minimum absolute atomic E-state index is 0.222. The summed E-state index contributed by atoms with van der Waals surface area (Å²) in [5.74, 6) is 0.828. The van der Waals surface area contributed by atoms with E-state index in [0.717, 1.165) is 5.75 Å². The zero-order chi connectivity index (χ0) is 14.7. The second-order valence-corrected chi connectivity index (χ2v) is 5.63. The Morgan fingerprint density at radius 2 is 1.80 bits per heavy atom. The molecule has 20 heavy (non-hydrogen) atoms. The van der Waals surface area contributed by atoms with Gasteiger partial charge in [-0.3, -0.25) is 0 Å². The van der Waals surface area contributed by atoms with E-state index < -0.39 is 5.97 Å². The highest BCUT2D eigenvalue weighted by molar-refractivity contribution is 9.10. The van der Waals surface area contributed by atoms with Gasteiger partial charge in [-0.25, -0.2) is 4.79 Å². The van der Waals surface area contributed by atoms with Crippen molar-refractivity contribution in [3.8, 4) is 11.5 Å². The second-order valence-electron chi connectivity index (χ2n) is 4.78. The maximum atomic E-state index is 10.9. The third-order valence-electron chi connectivity index (χ3n) is 2.95. The Balaban J connectivity index is 2.19. The van der Waals surface area contributed by atoms with Gasteiger partial charge >= 0.3 is 5.97 Å². The van der Waals surface area contributed by atoms with Crippen molar-refractivity contribution < 1.29 is 14.6 Å². The van der Waals surface area contributed by atoms with Crippen LogP contribution in [0.15, 0.2) is 46.9 Å². The van der Waals surface area contributed by atoms with E-state index >= 15 is 0 Å². The molecule has 0 fully saturated rings. The maximum absolute atomic E-state index is 10.9. The quantitative estimate of drug-likeness (QED) is 0.849. The van der Waals surface area contributed by atoms with Crippen LogP contribution in [-0.4, -0.2) is 11.1 Å². The molecule has 0 aliphatic rings. The molecule has 0 aromatic heterocycles. The van der Waals surface area contributed by atoms with Gasteiger partial charge in [0, 0.05) is 0 Å². The lowest BCUT2D eigenvalue weighted by molar-refractivity contribution is 0.0697. The molecule has 0 saturated carbocycles. The van der Waals surface area contributed by atoms with Crippen LogP contribution in [-0.2, 0) is 0 Å². The number of carbonyl (C=O) groups is 1. The number of halogens is 1. The fourth-order valence-electron chi connectivity index (χ4n) is 1.76. The number of benzene rings is 2. The van der Waals surface area contributed by atoms with Crippen molar-refractivity contribution in [2.24, 2.45) is 0 Å². The third kappa shape index (κ3) is 3.39. The van der Waals surface area contributed by atoms with Gasteiger partial charge in [0.15, 0.2) is 0 Å². The zero-order valence-electron chi connectivity index (χ0n) is 11.3. The summed E-state index contributed by atoms with van der Waals surface area (Å²) in [6, 6.07) is 12.6. The van der Waals surface area contributed by atoms with Gasteiger partial charge in [0.2, 0.25) is 0 Å². The first kappa shape index (κ1) is 14.6. The van der Waals surface area contributed by atoms with Gasteiger partial charge in [0.25, 0.3) is 0 Å². The molecule has 2 aromatic carbocycles. The lowest BCUT2D eigenvalue weighted by Crippen LogP contribution is -1.96. The maximum Gasteiger partial charge on any atom is 0.335 e. The number of rotatable bonds is 4. The molecule has 0 radical (unpaired) electrons. The summed E-state index contributed by atoms with van der Waals surface area (Å²) >= 11 is 3.32. The summed E-state index contributed by atoms with van der Waals surface area (Å²) in [5.41, 5.74) is 1.47. The highest BCUT2D eigenvalue weighted by atomic mass is 79.9. The van der Waals surface area contributed by atoms with Crippen LogP contribution in [0.4, 0.5) is 0 Å². The molecular formula is C16H15BrO3. The minimum atomic E-state index is -0.960. The average Bonchev–Trinajstić information content (AvgIpc) is 2.41. The van der Waals surface area contributed by atoms with Crippen molar-refractivity contribution in [2.45, 2.75) is 19.8 Å². The molecule has 0 atom stereocenters. The molecule has 0 bridgehead atoms. The van der Waals surface area contributed by atoms with Gasteiger partial charge in [0.1, 0.15) is 11.5 Å².